The maximum atomic E-state index is 9.95. The number of hydrogen-bond acceptors (Lipinski definition) is 3. The maximum absolute atomic E-state index is 9.95. The molecule has 0 aromatic heterocycles. The molecule has 0 heterocycles. The van der Waals surface area contributed by atoms with Gasteiger partial charge in [-0.2, -0.15) is 0 Å². The van der Waals surface area contributed by atoms with E-state index in [0.29, 0.717) is 5.75 Å². The average molecular weight is 337 g/mol. The van der Waals surface area contributed by atoms with Crippen molar-refractivity contribution in [3.05, 3.63) is 18.2 Å². The zero-order valence-corrected chi connectivity index (χ0v) is 15.6. The fourth-order valence-corrected chi connectivity index (χ4v) is 3.00. The molecule has 0 saturated heterocycles. The molecule has 0 aliphatic heterocycles. The predicted octanol–water partition coefficient (Wildman–Crippen LogP) is 6.57. The Hall–Kier alpha value is -1.38. The highest BCUT2D eigenvalue weighted by Crippen LogP contribution is 2.36. The lowest BCUT2D eigenvalue weighted by molar-refractivity contribution is 0.165. The Kier molecular flexibility index (Phi) is 11.2. The van der Waals surface area contributed by atoms with Gasteiger partial charge < -0.3 is 14.9 Å². The Morgan fingerprint density at radius 1 is 0.792 bits per heavy atom. The first-order valence-electron chi connectivity index (χ1n) is 9.86. The van der Waals surface area contributed by atoms with Crippen LogP contribution in [0.15, 0.2) is 18.2 Å². The highest BCUT2D eigenvalue weighted by molar-refractivity contribution is 5.48. The van der Waals surface area contributed by atoms with Crippen LogP contribution in [0.1, 0.15) is 90.9 Å². The number of rotatable bonds is 14. The molecule has 1 aromatic rings. The van der Waals surface area contributed by atoms with Crippen molar-refractivity contribution < 1.29 is 14.9 Å². The molecule has 0 spiro atoms. The summed E-state index contributed by atoms with van der Waals surface area (Å²) in [6.45, 7) is 4.46. The maximum Gasteiger partial charge on any atom is 0.200 e. The van der Waals surface area contributed by atoms with E-state index in [-0.39, 0.29) is 17.6 Å². The van der Waals surface area contributed by atoms with Crippen LogP contribution in [0.2, 0.25) is 0 Å². The van der Waals surface area contributed by atoms with Crippen molar-refractivity contribution in [1.29, 1.82) is 0 Å². The lowest BCUT2D eigenvalue weighted by atomic mass is 10.0. The van der Waals surface area contributed by atoms with Crippen LogP contribution in [-0.2, 0) is 0 Å². The summed E-state index contributed by atoms with van der Waals surface area (Å²) in [4.78, 5) is 0. The third-order valence-corrected chi connectivity index (χ3v) is 4.53. The molecule has 2 N–H and O–H groups in total. The Bertz CT molecular complexity index is 417. The molecule has 0 saturated carbocycles. The van der Waals surface area contributed by atoms with Crippen molar-refractivity contribution in [2.24, 2.45) is 0 Å². The smallest absolute Gasteiger partial charge is 0.200 e. The number of unbranched alkanes of at least 4 members (excludes halogenated alkanes) is 8. The number of phenolic OH excluding ortho intramolecular Hbond substituents is 2. The molecule has 0 aliphatic carbocycles. The molecule has 24 heavy (non-hydrogen) atoms. The van der Waals surface area contributed by atoms with E-state index in [2.05, 4.69) is 13.8 Å². The zero-order chi connectivity index (χ0) is 17.6. The van der Waals surface area contributed by atoms with Crippen LogP contribution in [0.5, 0.6) is 17.2 Å². The first-order valence-corrected chi connectivity index (χ1v) is 9.86. The Labute approximate surface area is 148 Å². The fraction of sp³-hybridized carbons (Fsp3) is 0.714. The van der Waals surface area contributed by atoms with Crippen LogP contribution >= 0.6 is 0 Å². The van der Waals surface area contributed by atoms with E-state index >= 15 is 0 Å². The summed E-state index contributed by atoms with van der Waals surface area (Å²) in [5.41, 5.74) is 0. The van der Waals surface area contributed by atoms with E-state index in [9.17, 15) is 10.2 Å². The Morgan fingerprint density at radius 2 is 1.33 bits per heavy atom. The monoisotopic (exact) mass is 336 g/mol. The van der Waals surface area contributed by atoms with E-state index in [1.165, 1.54) is 70.3 Å². The van der Waals surface area contributed by atoms with Gasteiger partial charge in [0.2, 0.25) is 5.75 Å². The van der Waals surface area contributed by atoms with Gasteiger partial charge in [-0.15, -0.1) is 0 Å². The van der Waals surface area contributed by atoms with Gasteiger partial charge in [0, 0.05) is 0 Å². The zero-order valence-electron chi connectivity index (χ0n) is 15.6. The molecule has 1 rings (SSSR count). The first kappa shape index (κ1) is 20.7. The van der Waals surface area contributed by atoms with Crippen LogP contribution in [-0.4, -0.2) is 16.3 Å². The van der Waals surface area contributed by atoms with Gasteiger partial charge in [0.1, 0.15) is 0 Å². The molecule has 0 radical (unpaired) electrons. The number of para-hydroxylation sites is 1. The van der Waals surface area contributed by atoms with Crippen LogP contribution in [0.25, 0.3) is 0 Å². The summed E-state index contributed by atoms with van der Waals surface area (Å²) >= 11 is 0. The van der Waals surface area contributed by atoms with Crippen molar-refractivity contribution in [2.45, 2.75) is 97.0 Å². The second-order valence-electron chi connectivity index (χ2n) is 6.77. The number of phenols is 2. The van der Waals surface area contributed by atoms with Crippen LogP contribution in [0.3, 0.4) is 0 Å². The number of hydrogen-bond donors (Lipinski definition) is 2. The van der Waals surface area contributed by atoms with Crippen LogP contribution in [0, 0.1) is 0 Å². The summed E-state index contributed by atoms with van der Waals surface area (Å²) in [6, 6.07) is 4.92. The summed E-state index contributed by atoms with van der Waals surface area (Å²) in [5, 5.41) is 19.6. The van der Waals surface area contributed by atoms with Crippen molar-refractivity contribution in [3.8, 4) is 17.2 Å². The van der Waals surface area contributed by atoms with Gasteiger partial charge in [-0.3, -0.25) is 0 Å². The number of benzene rings is 1. The summed E-state index contributed by atoms with van der Waals surface area (Å²) in [5.74, 6) is 0.152. The second-order valence-corrected chi connectivity index (χ2v) is 6.77. The Balaban J connectivity index is 2.47. The average Bonchev–Trinajstić information content (AvgIpc) is 2.58. The topological polar surface area (TPSA) is 49.7 Å². The third kappa shape index (κ3) is 8.47. The highest BCUT2D eigenvalue weighted by atomic mass is 16.5. The largest absolute Gasteiger partial charge is 0.504 e. The molecule has 0 bridgehead atoms. The van der Waals surface area contributed by atoms with Crippen molar-refractivity contribution in [2.75, 3.05) is 0 Å². The molecule has 138 valence electrons. The predicted molar refractivity (Wildman–Crippen MR) is 101 cm³/mol. The van der Waals surface area contributed by atoms with E-state index in [1.807, 2.05) is 0 Å². The minimum atomic E-state index is -0.139. The molecule has 0 atom stereocenters. The van der Waals surface area contributed by atoms with E-state index in [1.54, 1.807) is 12.1 Å². The molecule has 0 fully saturated rings. The molecule has 1 aromatic carbocycles. The van der Waals surface area contributed by atoms with E-state index < -0.39 is 0 Å². The molecule has 0 unspecified atom stereocenters. The first-order chi connectivity index (χ1) is 11.7. The van der Waals surface area contributed by atoms with Gasteiger partial charge in [0.25, 0.3) is 0 Å². The minimum absolute atomic E-state index is 0.114. The highest BCUT2D eigenvalue weighted by Gasteiger charge is 2.14. The van der Waals surface area contributed by atoms with Gasteiger partial charge in [-0.1, -0.05) is 71.3 Å². The SMILES string of the molecule is CCCCCCCC(CCCCCCC)Oc1cccc(O)c1O. The standard InChI is InChI=1S/C21H36O3/c1-3-5-7-9-11-14-18(15-12-10-8-6-4-2)24-20-17-13-16-19(22)21(20)23/h13,16-18,22-23H,3-12,14-15H2,1-2H3. The summed E-state index contributed by atoms with van der Waals surface area (Å²) in [6.07, 6.45) is 14.7. The molecule has 0 aliphatic rings. The van der Waals surface area contributed by atoms with E-state index in [4.69, 9.17) is 4.74 Å². The third-order valence-electron chi connectivity index (χ3n) is 4.53. The normalized spacial score (nSPS) is 11.1. The van der Waals surface area contributed by atoms with Gasteiger partial charge in [-0.25, -0.2) is 0 Å². The van der Waals surface area contributed by atoms with Gasteiger partial charge in [0.05, 0.1) is 6.10 Å². The number of ether oxygens (including phenoxy) is 1. The molecular formula is C21H36O3. The van der Waals surface area contributed by atoms with Crippen molar-refractivity contribution >= 4 is 0 Å². The minimum Gasteiger partial charge on any atom is -0.504 e. The quantitative estimate of drug-likeness (QED) is 0.298. The van der Waals surface area contributed by atoms with Crippen molar-refractivity contribution in [3.63, 3.8) is 0 Å². The van der Waals surface area contributed by atoms with Gasteiger partial charge >= 0.3 is 0 Å². The lowest BCUT2D eigenvalue weighted by Crippen LogP contribution is -2.16. The Morgan fingerprint density at radius 3 is 1.88 bits per heavy atom. The van der Waals surface area contributed by atoms with Gasteiger partial charge in [0.15, 0.2) is 11.5 Å². The lowest BCUT2D eigenvalue weighted by Gasteiger charge is -2.20. The second kappa shape index (κ2) is 13.0. The molecule has 3 nitrogen and oxygen atoms in total. The summed E-state index contributed by atoms with van der Waals surface area (Å²) in [7, 11) is 0. The van der Waals surface area contributed by atoms with Crippen LogP contribution < -0.4 is 4.74 Å². The van der Waals surface area contributed by atoms with Crippen LogP contribution in [0.4, 0.5) is 0 Å². The van der Waals surface area contributed by atoms with E-state index in [0.717, 1.165) is 12.8 Å². The molecular weight excluding hydrogens is 300 g/mol. The molecule has 0 amide bonds. The van der Waals surface area contributed by atoms with Crippen molar-refractivity contribution in [1.82, 2.24) is 0 Å². The van der Waals surface area contributed by atoms with Gasteiger partial charge in [-0.05, 0) is 37.8 Å². The molecule has 3 heteroatoms. The fourth-order valence-electron chi connectivity index (χ4n) is 3.00. The number of aromatic hydroxyl groups is 2. The summed E-state index contributed by atoms with van der Waals surface area (Å²) < 4.78 is 6.03.